The van der Waals surface area contributed by atoms with Crippen molar-refractivity contribution in [2.75, 3.05) is 31.9 Å². The van der Waals surface area contributed by atoms with Gasteiger partial charge in [-0.05, 0) is 50.9 Å². The van der Waals surface area contributed by atoms with Crippen molar-refractivity contribution >= 4 is 17.7 Å². The van der Waals surface area contributed by atoms with E-state index in [-0.39, 0.29) is 5.91 Å². The van der Waals surface area contributed by atoms with Crippen LogP contribution in [0.1, 0.15) is 64.0 Å². The van der Waals surface area contributed by atoms with Crippen molar-refractivity contribution in [2.24, 2.45) is 0 Å². The van der Waals surface area contributed by atoms with Crippen LogP contribution in [0.15, 0.2) is 0 Å². The molecule has 1 aromatic heterocycles. The van der Waals surface area contributed by atoms with Gasteiger partial charge in [0.05, 0.1) is 12.3 Å². The summed E-state index contributed by atoms with van der Waals surface area (Å²) in [6.45, 7) is 12.4. The number of hydrogen-bond acceptors (Lipinski definition) is 5. The fourth-order valence-electron chi connectivity index (χ4n) is 3.97. The standard InChI is InChI=1S/C19H33N5OS/c1-4-24-17(13-22-9-5-6-10-22)20-21-19(24)16-7-11-23(12-8-16)18(25)14-26-15(2)3/h15-16H,4-14H2,1-3H3. The average molecular weight is 380 g/mol. The minimum atomic E-state index is 0.286. The predicted molar refractivity (Wildman–Crippen MR) is 106 cm³/mol. The molecular weight excluding hydrogens is 346 g/mol. The maximum absolute atomic E-state index is 12.3. The molecule has 1 aromatic rings. The van der Waals surface area contributed by atoms with Crippen molar-refractivity contribution in [1.29, 1.82) is 0 Å². The predicted octanol–water partition coefficient (Wildman–Crippen LogP) is 2.74. The largest absolute Gasteiger partial charge is 0.342 e. The molecule has 0 bridgehead atoms. The summed E-state index contributed by atoms with van der Waals surface area (Å²) in [5, 5.41) is 9.58. The third-order valence-electron chi connectivity index (χ3n) is 5.49. The molecule has 0 N–H and O–H groups in total. The number of nitrogens with zero attached hydrogens (tertiary/aromatic N) is 5. The number of aromatic nitrogens is 3. The second kappa shape index (κ2) is 9.22. The Labute approximate surface area is 161 Å². The first-order valence-electron chi connectivity index (χ1n) is 10.1. The van der Waals surface area contributed by atoms with E-state index in [4.69, 9.17) is 0 Å². The van der Waals surface area contributed by atoms with Crippen LogP contribution in [0.25, 0.3) is 0 Å². The molecule has 0 aliphatic carbocycles. The first-order valence-corrected chi connectivity index (χ1v) is 11.2. The Balaban J connectivity index is 1.57. The van der Waals surface area contributed by atoms with E-state index in [1.807, 2.05) is 4.90 Å². The molecule has 2 fully saturated rings. The summed E-state index contributed by atoms with van der Waals surface area (Å²) in [6.07, 6.45) is 4.60. The van der Waals surface area contributed by atoms with E-state index < -0.39 is 0 Å². The topological polar surface area (TPSA) is 54.3 Å². The van der Waals surface area contributed by atoms with Gasteiger partial charge in [-0.15, -0.1) is 22.0 Å². The van der Waals surface area contributed by atoms with Crippen LogP contribution in [0.5, 0.6) is 0 Å². The van der Waals surface area contributed by atoms with Gasteiger partial charge in [-0.25, -0.2) is 0 Å². The molecule has 7 heteroatoms. The number of thioether (sulfide) groups is 1. The average Bonchev–Trinajstić information content (AvgIpc) is 3.29. The highest BCUT2D eigenvalue weighted by Crippen LogP contribution is 2.28. The molecule has 2 aliphatic rings. The van der Waals surface area contributed by atoms with Crippen molar-refractivity contribution in [2.45, 2.75) is 70.7 Å². The molecule has 0 aromatic carbocycles. The highest BCUT2D eigenvalue weighted by molar-refractivity contribution is 8.00. The lowest BCUT2D eigenvalue weighted by Crippen LogP contribution is -2.39. The summed E-state index contributed by atoms with van der Waals surface area (Å²) in [6, 6.07) is 0. The first-order chi connectivity index (χ1) is 12.6. The number of likely N-dealkylation sites (tertiary alicyclic amines) is 2. The molecule has 3 rings (SSSR count). The summed E-state index contributed by atoms with van der Waals surface area (Å²) in [5.74, 6) is 3.56. The quantitative estimate of drug-likeness (QED) is 0.729. The molecule has 0 saturated carbocycles. The second-order valence-electron chi connectivity index (χ2n) is 7.72. The fraction of sp³-hybridized carbons (Fsp3) is 0.842. The zero-order valence-corrected chi connectivity index (χ0v) is 17.3. The number of carbonyl (C=O) groups is 1. The summed E-state index contributed by atoms with van der Waals surface area (Å²) >= 11 is 1.73. The lowest BCUT2D eigenvalue weighted by atomic mass is 9.96. The lowest BCUT2D eigenvalue weighted by molar-refractivity contribution is -0.129. The molecule has 6 nitrogen and oxygen atoms in total. The van der Waals surface area contributed by atoms with Crippen LogP contribution in [-0.2, 0) is 17.9 Å². The minimum absolute atomic E-state index is 0.286. The second-order valence-corrected chi connectivity index (χ2v) is 9.28. The van der Waals surface area contributed by atoms with Crippen molar-refractivity contribution in [3.8, 4) is 0 Å². The van der Waals surface area contributed by atoms with E-state index in [0.29, 0.717) is 16.9 Å². The van der Waals surface area contributed by atoms with Gasteiger partial charge in [-0.2, -0.15) is 0 Å². The van der Waals surface area contributed by atoms with Gasteiger partial charge in [0.25, 0.3) is 0 Å². The van der Waals surface area contributed by atoms with E-state index in [0.717, 1.165) is 50.7 Å². The summed E-state index contributed by atoms with van der Waals surface area (Å²) in [4.78, 5) is 16.8. The highest BCUT2D eigenvalue weighted by Gasteiger charge is 2.28. The number of carbonyl (C=O) groups excluding carboxylic acids is 1. The number of rotatable bonds is 7. The minimum Gasteiger partial charge on any atom is -0.342 e. The summed E-state index contributed by atoms with van der Waals surface area (Å²) < 4.78 is 2.31. The molecule has 26 heavy (non-hydrogen) atoms. The normalized spacial score (nSPS) is 19.6. The van der Waals surface area contributed by atoms with Crippen LogP contribution < -0.4 is 0 Å². The smallest absolute Gasteiger partial charge is 0.232 e. The van der Waals surface area contributed by atoms with Gasteiger partial charge in [0, 0.05) is 25.6 Å². The van der Waals surface area contributed by atoms with Gasteiger partial charge in [-0.3, -0.25) is 9.69 Å². The monoisotopic (exact) mass is 379 g/mol. The van der Waals surface area contributed by atoms with Crippen molar-refractivity contribution in [3.63, 3.8) is 0 Å². The zero-order valence-electron chi connectivity index (χ0n) is 16.5. The molecule has 2 saturated heterocycles. The van der Waals surface area contributed by atoms with Gasteiger partial charge in [0.15, 0.2) is 0 Å². The molecular formula is C19H33N5OS. The number of hydrogen-bond donors (Lipinski definition) is 0. The zero-order chi connectivity index (χ0) is 18.5. The lowest BCUT2D eigenvalue weighted by Gasteiger charge is -2.32. The third kappa shape index (κ3) is 4.80. The van der Waals surface area contributed by atoms with Crippen LogP contribution in [0, 0.1) is 0 Å². The molecule has 3 heterocycles. The SMILES string of the molecule is CCn1c(CN2CCCC2)nnc1C1CCN(C(=O)CSC(C)C)CC1. The van der Waals surface area contributed by atoms with Crippen LogP contribution in [0.4, 0.5) is 0 Å². The maximum atomic E-state index is 12.3. The van der Waals surface area contributed by atoms with Gasteiger partial charge in [-0.1, -0.05) is 13.8 Å². The molecule has 0 radical (unpaired) electrons. The van der Waals surface area contributed by atoms with Crippen LogP contribution >= 0.6 is 11.8 Å². The highest BCUT2D eigenvalue weighted by atomic mass is 32.2. The Bertz CT molecular complexity index is 589. The molecule has 0 spiro atoms. The first kappa shape index (κ1) is 19.7. The van der Waals surface area contributed by atoms with E-state index in [9.17, 15) is 4.79 Å². The Kier molecular flexibility index (Phi) is 6.98. The summed E-state index contributed by atoms with van der Waals surface area (Å²) in [7, 11) is 0. The van der Waals surface area contributed by atoms with Crippen LogP contribution in [0.2, 0.25) is 0 Å². The van der Waals surface area contributed by atoms with E-state index in [1.165, 1.54) is 25.9 Å². The molecule has 0 atom stereocenters. The van der Waals surface area contributed by atoms with Gasteiger partial charge in [0.1, 0.15) is 11.6 Å². The van der Waals surface area contributed by atoms with Crippen molar-refractivity contribution in [3.05, 3.63) is 11.6 Å². The van der Waals surface area contributed by atoms with Crippen molar-refractivity contribution in [1.82, 2.24) is 24.6 Å². The Morgan fingerprint density at radius 2 is 1.85 bits per heavy atom. The van der Waals surface area contributed by atoms with Crippen LogP contribution in [0.3, 0.4) is 0 Å². The number of piperidine rings is 1. The van der Waals surface area contributed by atoms with E-state index in [2.05, 4.69) is 40.4 Å². The van der Waals surface area contributed by atoms with Gasteiger partial charge >= 0.3 is 0 Å². The molecule has 146 valence electrons. The fourth-order valence-corrected chi connectivity index (χ4v) is 4.63. The summed E-state index contributed by atoms with van der Waals surface area (Å²) in [5.41, 5.74) is 0. The van der Waals surface area contributed by atoms with Crippen LogP contribution in [-0.4, -0.2) is 67.7 Å². The molecule has 2 aliphatic heterocycles. The Morgan fingerprint density at radius 1 is 1.15 bits per heavy atom. The van der Waals surface area contributed by atoms with Crippen molar-refractivity contribution < 1.29 is 4.79 Å². The van der Waals surface area contributed by atoms with Gasteiger partial charge < -0.3 is 9.47 Å². The Hall–Kier alpha value is -1.08. The third-order valence-corrected chi connectivity index (χ3v) is 6.57. The van der Waals surface area contributed by atoms with E-state index >= 15 is 0 Å². The van der Waals surface area contributed by atoms with Gasteiger partial charge in [0.2, 0.25) is 5.91 Å². The molecule has 1 amide bonds. The maximum Gasteiger partial charge on any atom is 0.232 e. The Morgan fingerprint density at radius 3 is 2.46 bits per heavy atom. The number of amides is 1. The molecule has 0 unspecified atom stereocenters. The van der Waals surface area contributed by atoms with E-state index in [1.54, 1.807) is 11.8 Å².